The molecule has 2 N–H and O–H groups in total. The number of aromatic nitrogens is 3. The summed E-state index contributed by atoms with van der Waals surface area (Å²) in [6.07, 6.45) is 1.66. The van der Waals surface area contributed by atoms with Gasteiger partial charge in [-0.2, -0.15) is 5.10 Å². The number of ether oxygens (including phenoxy) is 1. The fraction of sp³-hybridized carbons (Fsp3) is 0.333. The van der Waals surface area contributed by atoms with E-state index in [-0.39, 0.29) is 24.3 Å². The van der Waals surface area contributed by atoms with Crippen LogP contribution in [0.15, 0.2) is 36.5 Å². The topological polar surface area (TPSA) is 80.1 Å². The van der Waals surface area contributed by atoms with Gasteiger partial charge in [0.1, 0.15) is 11.3 Å². The van der Waals surface area contributed by atoms with Crippen molar-refractivity contribution in [3.63, 3.8) is 0 Å². The molecule has 4 aromatic rings. The number of benzene rings is 2. The number of carboxylic acid groups (broad SMARTS) is 1. The molecule has 6 nitrogen and oxygen atoms in total. The molecular weight excluding hydrogens is 416 g/mol. The molecule has 3 heterocycles. The molecule has 5 rings (SSSR count). The first-order chi connectivity index (χ1) is 15.4. The van der Waals surface area contributed by atoms with E-state index in [2.05, 4.69) is 10.2 Å². The van der Waals surface area contributed by atoms with Gasteiger partial charge in [-0.1, -0.05) is 13.8 Å². The van der Waals surface area contributed by atoms with Crippen LogP contribution in [0, 0.1) is 11.6 Å². The Morgan fingerprint density at radius 1 is 1.25 bits per heavy atom. The third-order valence-corrected chi connectivity index (χ3v) is 6.27. The number of hydrogen-bond donors (Lipinski definition) is 2. The summed E-state index contributed by atoms with van der Waals surface area (Å²) >= 11 is 0. The van der Waals surface area contributed by atoms with Gasteiger partial charge in [0.05, 0.1) is 18.3 Å². The quantitative estimate of drug-likeness (QED) is 0.455. The SMILES string of the molecule is CC(C)c1c(C2CCC(C(=O)O)OC2)c2c(F)c3[nH]ncc3cc2n1-c1ccc(F)cc1. The molecule has 0 aliphatic carbocycles. The van der Waals surface area contributed by atoms with Crippen LogP contribution in [0.2, 0.25) is 0 Å². The van der Waals surface area contributed by atoms with Crippen LogP contribution in [0.5, 0.6) is 0 Å². The maximum absolute atomic E-state index is 15.9. The van der Waals surface area contributed by atoms with Crippen LogP contribution < -0.4 is 0 Å². The molecule has 2 atom stereocenters. The number of hydrogen-bond acceptors (Lipinski definition) is 3. The maximum atomic E-state index is 15.9. The summed E-state index contributed by atoms with van der Waals surface area (Å²) in [5.41, 5.74) is 3.45. The monoisotopic (exact) mass is 439 g/mol. The normalized spacial score (nSPS) is 19.3. The van der Waals surface area contributed by atoms with Crippen LogP contribution >= 0.6 is 0 Å². The first-order valence-corrected chi connectivity index (χ1v) is 10.7. The molecule has 1 aliphatic rings. The lowest BCUT2D eigenvalue weighted by Crippen LogP contribution is -2.31. The Labute approximate surface area is 182 Å². The van der Waals surface area contributed by atoms with Gasteiger partial charge in [0, 0.05) is 28.1 Å². The van der Waals surface area contributed by atoms with Gasteiger partial charge >= 0.3 is 5.97 Å². The lowest BCUT2D eigenvalue weighted by molar-refractivity contribution is -0.153. The lowest BCUT2D eigenvalue weighted by atomic mass is 9.86. The molecule has 1 aliphatic heterocycles. The molecule has 0 spiro atoms. The van der Waals surface area contributed by atoms with E-state index < -0.39 is 17.9 Å². The molecule has 8 heteroatoms. The minimum absolute atomic E-state index is 0.0236. The Morgan fingerprint density at radius 2 is 2.00 bits per heavy atom. The molecular formula is C24H23F2N3O3. The molecule has 1 saturated heterocycles. The predicted octanol–water partition coefficient (Wildman–Crippen LogP) is 5.26. The number of rotatable bonds is 4. The van der Waals surface area contributed by atoms with Crippen LogP contribution in [0.25, 0.3) is 27.5 Å². The minimum Gasteiger partial charge on any atom is -0.479 e. The Kier molecular flexibility index (Phi) is 4.97. The second-order valence-electron chi connectivity index (χ2n) is 8.62. The van der Waals surface area contributed by atoms with E-state index in [1.807, 2.05) is 24.5 Å². The van der Waals surface area contributed by atoms with Gasteiger partial charge in [-0.05, 0) is 54.7 Å². The number of fused-ring (bicyclic) bond motifs is 2. The van der Waals surface area contributed by atoms with Gasteiger partial charge in [0.15, 0.2) is 11.9 Å². The summed E-state index contributed by atoms with van der Waals surface area (Å²) in [5, 5.41) is 17.1. The fourth-order valence-corrected chi connectivity index (χ4v) is 4.87. The van der Waals surface area contributed by atoms with Crippen molar-refractivity contribution in [2.24, 2.45) is 0 Å². The molecule has 166 valence electrons. The second kappa shape index (κ2) is 7.70. The van der Waals surface area contributed by atoms with Crippen LogP contribution in [-0.4, -0.2) is 38.6 Å². The predicted molar refractivity (Wildman–Crippen MR) is 116 cm³/mol. The molecule has 0 radical (unpaired) electrons. The van der Waals surface area contributed by atoms with E-state index in [0.29, 0.717) is 34.6 Å². The number of aromatic amines is 1. The van der Waals surface area contributed by atoms with Crippen molar-refractivity contribution in [1.82, 2.24) is 14.8 Å². The Hall–Kier alpha value is -3.26. The summed E-state index contributed by atoms with van der Waals surface area (Å²) in [4.78, 5) is 11.3. The standard InChI is InChI=1S/C24H23F2N3O3/c1-12(2)23-19(13-3-8-18(24(30)31)32-11-13)20-17(9-14-10-27-28-22(14)21(20)26)29(23)16-6-4-15(25)5-7-16/h4-7,9-10,12-13,18H,3,8,11H2,1-2H3,(H,27,28)(H,30,31). The third-order valence-electron chi connectivity index (χ3n) is 6.27. The average Bonchev–Trinajstić information content (AvgIpc) is 3.38. The molecule has 32 heavy (non-hydrogen) atoms. The molecule has 0 bridgehead atoms. The van der Waals surface area contributed by atoms with Crippen LogP contribution in [-0.2, 0) is 9.53 Å². The number of nitrogens with one attached hydrogen (secondary N) is 1. The first-order valence-electron chi connectivity index (χ1n) is 10.7. The highest BCUT2D eigenvalue weighted by Crippen LogP contribution is 2.44. The average molecular weight is 439 g/mol. The van der Waals surface area contributed by atoms with Crippen molar-refractivity contribution >= 4 is 27.8 Å². The third kappa shape index (κ3) is 3.17. The van der Waals surface area contributed by atoms with Gasteiger partial charge in [-0.25, -0.2) is 13.6 Å². The van der Waals surface area contributed by atoms with Crippen LogP contribution in [0.1, 0.15) is 49.8 Å². The minimum atomic E-state index is -0.980. The molecule has 2 aromatic carbocycles. The zero-order valence-electron chi connectivity index (χ0n) is 17.7. The zero-order valence-corrected chi connectivity index (χ0v) is 17.7. The summed E-state index contributed by atoms with van der Waals surface area (Å²) in [7, 11) is 0. The van der Waals surface area contributed by atoms with Crippen LogP contribution in [0.4, 0.5) is 8.78 Å². The van der Waals surface area contributed by atoms with Crippen molar-refractivity contribution in [3.8, 4) is 5.69 Å². The van der Waals surface area contributed by atoms with Crippen molar-refractivity contribution in [2.45, 2.75) is 44.6 Å². The van der Waals surface area contributed by atoms with Crippen molar-refractivity contribution < 1.29 is 23.4 Å². The maximum Gasteiger partial charge on any atom is 0.332 e. The lowest BCUT2D eigenvalue weighted by Gasteiger charge is -2.28. The Bertz CT molecular complexity index is 1320. The zero-order chi connectivity index (χ0) is 22.6. The largest absolute Gasteiger partial charge is 0.479 e. The molecule has 0 saturated carbocycles. The summed E-state index contributed by atoms with van der Waals surface area (Å²) < 4.78 is 37.1. The molecule has 0 amide bonds. The Balaban J connectivity index is 1.81. The van der Waals surface area contributed by atoms with E-state index in [4.69, 9.17) is 4.74 Å². The summed E-state index contributed by atoms with van der Waals surface area (Å²) in [5.74, 6) is -1.86. The molecule has 1 fully saturated rings. The fourth-order valence-electron chi connectivity index (χ4n) is 4.87. The highest BCUT2D eigenvalue weighted by atomic mass is 19.1. The van der Waals surface area contributed by atoms with Gasteiger partial charge in [-0.3, -0.25) is 5.10 Å². The van der Waals surface area contributed by atoms with E-state index in [1.54, 1.807) is 18.3 Å². The highest BCUT2D eigenvalue weighted by Gasteiger charge is 2.34. The van der Waals surface area contributed by atoms with Crippen LogP contribution in [0.3, 0.4) is 0 Å². The van der Waals surface area contributed by atoms with Gasteiger partial charge < -0.3 is 14.4 Å². The summed E-state index contributed by atoms with van der Waals surface area (Å²) in [6, 6.07) is 8.02. The number of H-pyrrole nitrogens is 1. The number of carbonyl (C=O) groups is 1. The van der Waals surface area contributed by atoms with E-state index in [9.17, 15) is 14.3 Å². The number of halogens is 2. The Morgan fingerprint density at radius 3 is 2.62 bits per heavy atom. The van der Waals surface area contributed by atoms with Crippen molar-refractivity contribution in [3.05, 3.63) is 59.4 Å². The number of carboxylic acids is 1. The molecule has 2 unspecified atom stereocenters. The number of aliphatic carboxylic acids is 1. The highest BCUT2D eigenvalue weighted by molar-refractivity contribution is 5.99. The van der Waals surface area contributed by atoms with E-state index in [0.717, 1.165) is 16.9 Å². The number of nitrogens with zero attached hydrogens (tertiary/aromatic N) is 2. The first kappa shape index (κ1) is 20.6. The second-order valence-corrected chi connectivity index (χ2v) is 8.62. The van der Waals surface area contributed by atoms with E-state index in [1.165, 1.54) is 12.1 Å². The van der Waals surface area contributed by atoms with Gasteiger partial charge in [0.25, 0.3) is 0 Å². The van der Waals surface area contributed by atoms with E-state index >= 15 is 4.39 Å². The van der Waals surface area contributed by atoms with Gasteiger partial charge in [-0.15, -0.1) is 0 Å². The smallest absolute Gasteiger partial charge is 0.332 e. The summed E-state index contributed by atoms with van der Waals surface area (Å²) in [6.45, 7) is 4.26. The molecule has 2 aromatic heterocycles. The van der Waals surface area contributed by atoms with Gasteiger partial charge in [0.2, 0.25) is 0 Å². The van der Waals surface area contributed by atoms with Crippen molar-refractivity contribution in [2.75, 3.05) is 6.61 Å². The van der Waals surface area contributed by atoms with Crippen molar-refractivity contribution in [1.29, 1.82) is 0 Å².